The number of aliphatic hydroxyl groups excluding tert-OH is 5. The summed E-state index contributed by atoms with van der Waals surface area (Å²) in [5.41, 5.74) is 0. The van der Waals surface area contributed by atoms with Crippen molar-refractivity contribution in [3.8, 4) is 0 Å². The van der Waals surface area contributed by atoms with Crippen LogP contribution < -0.4 is 5.32 Å². The number of carbonyl (C=O) groups is 1. The molecule has 0 aromatic carbocycles. The first-order valence-corrected chi connectivity index (χ1v) is 28.0. The van der Waals surface area contributed by atoms with Gasteiger partial charge in [-0.1, -0.05) is 209 Å². The minimum atomic E-state index is -1.59. The normalized spacial score (nSPS) is 20.4. The first-order valence-electron chi connectivity index (χ1n) is 28.0. The second kappa shape index (κ2) is 51.8. The Kier molecular flexibility index (Phi) is 47.1. The molecule has 0 spiro atoms. The van der Waals surface area contributed by atoms with E-state index in [1.54, 1.807) is 6.08 Å². The lowest BCUT2D eigenvalue weighted by atomic mass is 9.99. The van der Waals surface area contributed by atoms with Gasteiger partial charge in [-0.2, -0.15) is 0 Å². The molecule has 0 bridgehead atoms. The molecule has 1 fully saturated rings. The Morgan fingerprint density at radius 3 is 1.23 bits per heavy atom. The summed E-state index contributed by atoms with van der Waals surface area (Å²) in [7, 11) is 0. The molecule has 0 aromatic heterocycles. The van der Waals surface area contributed by atoms with E-state index in [1.807, 2.05) is 6.08 Å². The van der Waals surface area contributed by atoms with Crippen LogP contribution in [-0.4, -0.2) is 87.5 Å². The van der Waals surface area contributed by atoms with Crippen molar-refractivity contribution >= 4 is 5.91 Å². The van der Waals surface area contributed by atoms with Crippen molar-refractivity contribution < 1.29 is 39.8 Å². The molecule has 9 nitrogen and oxygen atoms in total. The average Bonchev–Trinajstić information content (AvgIpc) is 3.40. The Labute approximate surface area is 449 Å². The summed E-state index contributed by atoms with van der Waals surface area (Å²) < 4.78 is 11.2. The SMILES string of the molecule is CC/C=C\C/C=C\C/C=C\C/C=C\C/C=C\C/C=C\C/C=C\C/C=C\C/C=C\C/C=C\C/C=C\C/C=C\CCCCCCC(=O)NC(COC1OC(CO)C(O)C(O)C1O)C(O)/C=C/CC/C=C/CC/C=C/CC. The number of hydrogen-bond acceptors (Lipinski definition) is 8. The molecule has 1 aliphatic heterocycles. The second-order valence-corrected chi connectivity index (χ2v) is 18.2. The van der Waals surface area contributed by atoms with Crippen molar-refractivity contribution in [1.82, 2.24) is 5.32 Å². The van der Waals surface area contributed by atoms with Crippen molar-refractivity contribution in [1.29, 1.82) is 0 Å². The average molecular weight is 1020 g/mol. The van der Waals surface area contributed by atoms with Crippen LogP contribution in [-0.2, 0) is 14.3 Å². The third-order valence-electron chi connectivity index (χ3n) is 11.7. The molecular weight excluding hydrogens is 923 g/mol. The van der Waals surface area contributed by atoms with Crippen LogP contribution in [0, 0.1) is 0 Å². The first-order chi connectivity index (χ1) is 36.3. The van der Waals surface area contributed by atoms with Crippen LogP contribution >= 0.6 is 0 Å². The summed E-state index contributed by atoms with van der Waals surface area (Å²) in [6.45, 7) is 3.46. The van der Waals surface area contributed by atoms with Crippen molar-refractivity contribution in [3.63, 3.8) is 0 Å². The van der Waals surface area contributed by atoms with E-state index < -0.39 is 49.5 Å². The predicted octanol–water partition coefficient (Wildman–Crippen LogP) is 14.0. The maximum absolute atomic E-state index is 13.0. The predicted molar refractivity (Wildman–Crippen MR) is 312 cm³/mol. The van der Waals surface area contributed by atoms with Gasteiger partial charge in [0, 0.05) is 6.42 Å². The summed E-state index contributed by atoms with van der Waals surface area (Å²) in [5.74, 6) is -0.228. The number of nitrogens with one attached hydrogen (secondary N) is 1. The quantitative estimate of drug-likeness (QED) is 0.0261. The fourth-order valence-corrected chi connectivity index (χ4v) is 7.35. The summed E-state index contributed by atoms with van der Waals surface area (Å²) in [6.07, 6.45) is 78.4. The highest BCUT2D eigenvalue weighted by atomic mass is 16.7. The molecular formula is C65H99NO8. The largest absolute Gasteiger partial charge is 0.394 e. The van der Waals surface area contributed by atoms with E-state index in [0.717, 1.165) is 128 Å². The van der Waals surface area contributed by atoms with E-state index in [-0.39, 0.29) is 12.5 Å². The van der Waals surface area contributed by atoms with E-state index in [1.165, 1.54) is 0 Å². The molecule has 1 aliphatic rings. The van der Waals surface area contributed by atoms with Gasteiger partial charge in [-0.3, -0.25) is 4.79 Å². The van der Waals surface area contributed by atoms with Crippen LogP contribution in [0.4, 0.5) is 0 Å². The van der Waals surface area contributed by atoms with Crippen LogP contribution in [0.3, 0.4) is 0 Å². The highest BCUT2D eigenvalue weighted by Gasteiger charge is 2.44. The minimum Gasteiger partial charge on any atom is -0.394 e. The van der Waals surface area contributed by atoms with Crippen molar-refractivity contribution in [2.75, 3.05) is 13.2 Å². The van der Waals surface area contributed by atoms with Gasteiger partial charge in [-0.15, -0.1) is 0 Å². The molecule has 1 rings (SSSR count). The molecule has 74 heavy (non-hydrogen) atoms. The Hall–Kier alpha value is -4.71. The van der Waals surface area contributed by atoms with Crippen molar-refractivity contribution in [2.45, 2.75) is 204 Å². The summed E-state index contributed by atoms with van der Waals surface area (Å²) in [5, 5.41) is 54.1. The number of rotatable bonds is 44. The zero-order valence-corrected chi connectivity index (χ0v) is 45.5. The fourth-order valence-electron chi connectivity index (χ4n) is 7.35. The number of hydrogen-bond donors (Lipinski definition) is 6. The zero-order valence-electron chi connectivity index (χ0n) is 45.5. The number of carbonyl (C=O) groups excluding carboxylic acids is 1. The Bertz CT molecular complexity index is 1800. The molecule has 7 atom stereocenters. The standard InChI is InChI=1S/C65H99NO8/c1-3-5-7-9-11-13-15-16-17-18-19-20-21-22-23-24-25-26-27-28-29-30-31-32-33-34-35-36-37-38-39-40-41-42-43-44-45-47-49-51-53-55-61(69)66-58(57-73-65-64(72)63(71)62(70)60(56-67)74-65)59(68)54-52-50-48-46-14-12-10-8-6-4-2/h5-8,11,13-14,16-17,19-20,22-23,25-26,28-29,31-32,34-35,37-38,40-41,43-44,46,52,54,58-60,62-65,67-68,70-72H,3-4,9-10,12,15,18,21,24,27,30,33,36,39,42,45,47-51,53,55-57H2,1-2H3,(H,66,69)/b7-5-,8-6+,13-11-,17-16-,20-19-,23-22-,26-25-,29-28-,32-31-,35-34-,38-37-,41-40-,44-43-,46-14+,54-52+. The van der Waals surface area contributed by atoms with E-state index in [4.69, 9.17) is 9.47 Å². The topological polar surface area (TPSA) is 149 Å². The third kappa shape index (κ3) is 40.6. The van der Waals surface area contributed by atoms with Gasteiger partial charge in [0.25, 0.3) is 0 Å². The number of ether oxygens (including phenoxy) is 2. The minimum absolute atomic E-state index is 0.228. The van der Waals surface area contributed by atoms with Gasteiger partial charge in [0.05, 0.1) is 25.4 Å². The van der Waals surface area contributed by atoms with Crippen LogP contribution in [0.2, 0.25) is 0 Å². The Balaban J connectivity index is 2.19. The van der Waals surface area contributed by atoms with Gasteiger partial charge in [0.1, 0.15) is 24.4 Å². The van der Waals surface area contributed by atoms with E-state index in [0.29, 0.717) is 19.3 Å². The lowest BCUT2D eigenvalue weighted by molar-refractivity contribution is -0.302. The maximum atomic E-state index is 13.0. The highest BCUT2D eigenvalue weighted by Crippen LogP contribution is 2.22. The van der Waals surface area contributed by atoms with Gasteiger partial charge >= 0.3 is 0 Å². The maximum Gasteiger partial charge on any atom is 0.220 e. The molecule has 1 amide bonds. The Morgan fingerprint density at radius 2 is 0.811 bits per heavy atom. The Morgan fingerprint density at radius 1 is 0.459 bits per heavy atom. The highest BCUT2D eigenvalue weighted by molar-refractivity contribution is 5.76. The molecule has 0 radical (unpaired) electrons. The van der Waals surface area contributed by atoms with E-state index in [2.05, 4.69) is 189 Å². The van der Waals surface area contributed by atoms with Gasteiger partial charge in [-0.25, -0.2) is 0 Å². The first kappa shape index (κ1) is 67.3. The zero-order chi connectivity index (χ0) is 53.6. The van der Waals surface area contributed by atoms with E-state index >= 15 is 0 Å². The fraction of sp³-hybridized carbons (Fsp3) is 0.523. The summed E-state index contributed by atoms with van der Waals surface area (Å²) >= 11 is 0. The monoisotopic (exact) mass is 1020 g/mol. The molecule has 7 unspecified atom stereocenters. The van der Waals surface area contributed by atoms with Crippen LogP contribution in [0.15, 0.2) is 182 Å². The van der Waals surface area contributed by atoms with Gasteiger partial charge < -0.3 is 40.3 Å². The van der Waals surface area contributed by atoms with Crippen LogP contribution in [0.1, 0.15) is 162 Å². The molecule has 1 heterocycles. The summed E-state index contributed by atoms with van der Waals surface area (Å²) in [6, 6.07) is -0.854. The van der Waals surface area contributed by atoms with Crippen LogP contribution in [0.25, 0.3) is 0 Å². The molecule has 0 aromatic rings. The molecule has 0 aliphatic carbocycles. The summed E-state index contributed by atoms with van der Waals surface area (Å²) in [4.78, 5) is 13.0. The smallest absolute Gasteiger partial charge is 0.220 e. The van der Waals surface area contributed by atoms with E-state index in [9.17, 15) is 30.3 Å². The molecule has 1 saturated heterocycles. The third-order valence-corrected chi connectivity index (χ3v) is 11.7. The lowest BCUT2D eigenvalue weighted by Crippen LogP contribution is -2.60. The second-order valence-electron chi connectivity index (χ2n) is 18.2. The molecule has 6 N–H and O–H groups in total. The number of aliphatic hydroxyl groups is 5. The number of unbranched alkanes of at least 4 members (excludes halogenated alkanes) is 6. The number of amides is 1. The lowest BCUT2D eigenvalue weighted by Gasteiger charge is -2.40. The number of allylic oxidation sites excluding steroid dienone is 29. The van der Waals surface area contributed by atoms with Crippen LogP contribution in [0.5, 0.6) is 0 Å². The molecule has 9 heteroatoms. The van der Waals surface area contributed by atoms with Gasteiger partial charge in [0.2, 0.25) is 5.91 Å². The molecule has 0 saturated carbocycles. The molecule has 412 valence electrons. The van der Waals surface area contributed by atoms with Crippen molar-refractivity contribution in [3.05, 3.63) is 182 Å². The van der Waals surface area contributed by atoms with Crippen molar-refractivity contribution in [2.24, 2.45) is 0 Å². The van der Waals surface area contributed by atoms with Gasteiger partial charge in [0.15, 0.2) is 6.29 Å². The van der Waals surface area contributed by atoms with Gasteiger partial charge in [-0.05, 0) is 128 Å².